The summed E-state index contributed by atoms with van der Waals surface area (Å²) in [6, 6.07) is 0. The predicted molar refractivity (Wildman–Crippen MR) is 58.6 cm³/mol. The lowest BCUT2D eigenvalue weighted by atomic mass is 9.69. The first-order chi connectivity index (χ1) is 7.27. The van der Waals surface area contributed by atoms with Crippen LogP contribution in [0.25, 0.3) is 0 Å². The van der Waals surface area contributed by atoms with E-state index in [0.717, 1.165) is 31.3 Å². The van der Waals surface area contributed by atoms with Gasteiger partial charge in [-0.15, -0.1) is 0 Å². The normalized spacial score (nSPS) is 44.2. The van der Waals surface area contributed by atoms with Crippen LogP contribution in [-0.4, -0.2) is 23.4 Å². The van der Waals surface area contributed by atoms with Crippen LogP contribution >= 0.6 is 0 Å². The van der Waals surface area contributed by atoms with Gasteiger partial charge in [0.15, 0.2) is 0 Å². The van der Waals surface area contributed by atoms with Gasteiger partial charge in [-0.25, -0.2) is 0 Å². The van der Waals surface area contributed by atoms with Crippen molar-refractivity contribution >= 4 is 0 Å². The van der Waals surface area contributed by atoms with Crippen molar-refractivity contribution in [2.45, 2.75) is 63.1 Å². The minimum atomic E-state index is -0.00446. The van der Waals surface area contributed by atoms with Crippen LogP contribution in [0.15, 0.2) is 0 Å². The summed E-state index contributed by atoms with van der Waals surface area (Å²) in [5.41, 5.74) is 0.288. The summed E-state index contributed by atoms with van der Waals surface area (Å²) in [7, 11) is 0. The van der Waals surface area contributed by atoms with Crippen LogP contribution in [0.3, 0.4) is 0 Å². The second kappa shape index (κ2) is 3.74. The second-order valence-electron chi connectivity index (χ2n) is 5.86. The number of aliphatic hydroxyl groups is 1. The lowest BCUT2D eigenvalue weighted by Gasteiger charge is -2.48. The molecule has 0 aromatic rings. The van der Waals surface area contributed by atoms with Crippen molar-refractivity contribution in [3.05, 3.63) is 0 Å². The molecule has 0 radical (unpaired) electrons. The van der Waals surface area contributed by atoms with Crippen LogP contribution in [0, 0.1) is 11.8 Å². The average Bonchev–Trinajstić information content (AvgIpc) is 2.63. The molecule has 86 valence electrons. The SMILES string of the molecule is OC1CCC(C2CCOC3(CCC3)C2)C1. The standard InChI is InChI=1S/C13H22O2/c14-12-3-2-10(8-12)11-4-7-15-13(9-11)5-1-6-13/h10-12,14H,1-9H2. The van der Waals surface area contributed by atoms with Crippen LogP contribution in [0.5, 0.6) is 0 Å². The molecule has 2 aliphatic carbocycles. The first-order valence-electron chi connectivity index (χ1n) is 6.59. The van der Waals surface area contributed by atoms with Gasteiger partial charge < -0.3 is 9.84 Å². The van der Waals surface area contributed by atoms with Gasteiger partial charge in [-0.05, 0) is 63.2 Å². The van der Waals surface area contributed by atoms with E-state index < -0.39 is 0 Å². The molecule has 1 spiro atoms. The van der Waals surface area contributed by atoms with E-state index in [1.165, 1.54) is 38.5 Å². The van der Waals surface area contributed by atoms with E-state index in [0.29, 0.717) is 0 Å². The van der Waals surface area contributed by atoms with Crippen molar-refractivity contribution in [2.24, 2.45) is 11.8 Å². The van der Waals surface area contributed by atoms with Gasteiger partial charge in [0.2, 0.25) is 0 Å². The van der Waals surface area contributed by atoms with E-state index in [4.69, 9.17) is 4.74 Å². The lowest BCUT2D eigenvalue weighted by molar-refractivity contribution is -0.150. The second-order valence-corrected chi connectivity index (χ2v) is 5.86. The van der Waals surface area contributed by atoms with E-state index in [2.05, 4.69) is 0 Å². The molecule has 15 heavy (non-hydrogen) atoms. The third-order valence-electron chi connectivity index (χ3n) is 4.91. The quantitative estimate of drug-likeness (QED) is 0.720. The molecule has 1 aliphatic heterocycles. The first kappa shape index (κ1) is 10.1. The Morgan fingerprint density at radius 2 is 1.93 bits per heavy atom. The van der Waals surface area contributed by atoms with Gasteiger partial charge in [-0.1, -0.05) is 0 Å². The number of rotatable bonds is 1. The van der Waals surface area contributed by atoms with Gasteiger partial charge in [-0.3, -0.25) is 0 Å². The highest BCUT2D eigenvalue weighted by atomic mass is 16.5. The van der Waals surface area contributed by atoms with Crippen molar-refractivity contribution < 1.29 is 9.84 Å². The molecule has 1 N–H and O–H groups in total. The fourth-order valence-corrected chi connectivity index (χ4v) is 3.81. The molecule has 0 bridgehead atoms. The van der Waals surface area contributed by atoms with Crippen LogP contribution in [0.1, 0.15) is 51.4 Å². The number of hydrogen-bond acceptors (Lipinski definition) is 2. The smallest absolute Gasteiger partial charge is 0.0685 e. The fourth-order valence-electron chi connectivity index (χ4n) is 3.81. The summed E-state index contributed by atoms with van der Waals surface area (Å²) in [5.74, 6) is 1.64. The largest absolute Gasteiger partial charge is 0.393 e. The predicted octanol–water partition coefficient (Wildman–Crippen LogP) is 2.50. The maximum atomic E-state index is 9.60. The molecule has 3 aliphatic rings. The number of ether oxygens (including phenoxy) is 1. The summed E-state index contributed by atoms with van der Waals surface area (Å²) in [5, 5.41) is 9.60. The van der Waals surface area contributed by atoms with Crippen molar-refractivity contribution in [3.63, 3.8) is 0 Å². The van der Waals surface area contributed by atoms with Crippen molar-refractivity contribution in [2.75, 3.05) is 6.61 Å². The van der Waals surface area contributed by atoms with Crippen LogP contribution in [-0.2, 0) is 4.74 Å². The van der Waals surface area contributed by atoms with Crippen molar-refractivity contribution in [3.8, 4) is 0 Å². The van der Waals surface area contributed by atoms with Gasteiger partial charge in [0, 0.05) is 6.61 Å². The molecular formula is C13H22O2. The van der Waals surface area contributed by atoms with Gasteiger partial charge in [-0.2, -0.15) is 0 Å². The lowest BCUT2D eigenvalue weighted by Crippen LogP contribution is -2.46. The van der Waals surface area contributed by atoms with E-state index >= 15 is 0 Å². The Morgan fingerprint density at radius 1 is 1.07 bits per heavy atom. The zero-order valence-electron chi connectivity index (χ0n) is 9.45. The highest BCUT2D eigenvalue weighted by Gasteiger charge is 2.45. The molecule has 0 amide bonds. The summed E-state index contributed by atoms with van der Waals surface area (Å²) >= 11 is 0. The molecular weight excluding hydrogens is 188 g/mol. The highest BCUT2D eigenvalue weighted by Crippen LogP contribution is 2.48. The molecule has 3 unspecified atom stereocenters. The van der Waals surface area contributed by atoms with E-state index in [-0.39, 0.29) is 11.7 Å². The van der Waals surface area contributed by atoms with Crippen LogP contribution < -0.4 is 0 Å². The van der Waals surface area contributed by atoms with E-state index in [1.807, 2.05) is 0 Å². The van der Waals surface area contributed by atoms with Crippen LogP contribution in [0.2, 0.25) is 0 Å². The summed E-state index contributed by atoms with van der Waals surface area (Å²) < 4.78 is 5.96. The molecule has 3 atom stereocenters. The van der Waals surface area contributed by atoms with E-state index in [1.54, 1.807) is 0 Å². The topological polar surface area (TPSA) is 29.5 Å². The minimum Gasteiger partial charge on any atom is -0.393 e. The Hall–Kier alpha value is -0.0800. The third kappa shape index (κ3) is 1.83. The molecule has 2 saturated carbocycles. The van der Waals surface area contributed by atoms with E-state index in [9.17, 15) is 5.11 Å². The summed E-state index contributed by atoms with van der Waals surface area (Å²) in [6.07, 6.45) is 9.80. The molecule has 0 aromatic carbocycles. The average molecular weight is 210 g/mol. The minimum absolute atomic E-state index is 0.00446. The van der Waals surface area contributed by atoms with Gasteiger partial charge in [0.05, 0.1) is 11.7 Å². The Balaban J connectivity index is 1.61. The zero-order chi connectivity index (χ0) is 10.3. The molecule has 2 nitrogen and oxygen atoms in total. The van der Waals surface area contributed by atoms with Crippen LogP contribution in [0.4, 0.5) is 0 Å². The highest BCUT2D eigenvalue weighted by molar-refractivity contribution is 4.96. The first-order valence-corrected chi connectivity index (χ1v) is 6.59. The Morgan fingerprint density at radius 3 is 2.53 bits per heavy atom. The number of hydrogen-bond donors (Lipinski definition) is 1. The maximum Gasteiger partial charge on any atom is 0.0685 e. The monoisotopic (exact) mass is 210 g/mol. The Labute approximate surface area is 92.0 Å². The van der Waals surface area contributed by atoms with Gasteiger partial charge in [0.25, 0.3) is 0 Å². The van der Waals surface area contributed by atoms with Crippen molar-refractivity contribution in [1.29, 1.82) is 0 Å². The Bertz CT molecular complexity index is 235. The molecule has 3 rings (SSSR count). The fraction of sp³-hybridized carbons (Fsp3) is 1.00. The van der Waals surface area contributed by atoms with Gasteiger partial charge >= 0.3 is 0 Å². The molecule has 3 fully saturated rings. The summed E-state index contributed by atoms with van der Waals surface area (Å²) in [6.45, 7) is 0.970. The number of aliphatic hydroxyl groups excluding tert-OH is 1. The third-order valence-corrected chi connectivity index (χ3v) is 4.91. The van der Waals surface area contributed by atoms with Crippen molar-refractivity contribution in [1.82, 2.24) is 0 Å². The zero-order valence-corrected chi connectivity index (χ0v) is 9.45. The molecule has 1 heterocycles. The summed E-state index contributed by atoms with van der Waals surface area (Å²) in [4.78, 5) is 0. The maximum absolute atomic E-state index is 9.60. The molecule has 0 aromatic heterocycles. The van der Waals surface area contributed by atoms with Gasteiger partial charge in [0.1, 0.15) is 0 Å². The molecule has 1 saturated heterocycles. The molecule has 2 heteroatoms. The Kier molecular flexibility index (Phi) is 2.52.